The highest BCUT2D eigenvalue weighted by molar-refractivity contribution is 5.81. The number of piperidine rings is 1. The fraction of sp³-hybridized carbons (Fsp3) is 0.706. The van der Waals surface area contributed by atoms with Gasteiger partial charge in [-0.05, 0) is 44.4 Å². The zero-order valence-corrected chi connectivity index (χ0v) is 12.9. The number of carbonyl (C=O) groups excluding carboxylic acids is 1. The third-order valence-electron chi connectivity index (χ3n) is 5.20. The van der Waals surface area contributed by atoms with Gasteiger partial charge in [-0.3, -0.25) is 14.2 Å². The molecule has 2 saturated carbocycles. The SMILES string of the molecule is O=C(C1CC1)N1CCC(Cn2cnc(C3CC3)cc2=O)CC1. The number of carbonyl (C=O) groups is 1. The lowest BCUT2D eigenvalue weighted by Gasteiger charge is -2.32. The molecule has 2 aliphatic carbocycles. The third-order valence-corrected chi connectivity index (χ3v) is 5.20. The molecule has 2 heterocycles. The number of amides is 1. The van der Waals surface area contributed by atoms with Crippen LogP contribution in [0.15, 0.2) is 17.2 Å². The van der Waals surface area contributed by atoms with Gasteiger partial charge in [0.1, 0.15) is 0 Å². The lowest BCUT2D eigenvalue weighted by molar-refractivity contribution is -0.134. The molecule has 1 amide bonds. The van der Waals surface area contributed by atoms with Crippen molar-refractivity contribution in [1.29, 1.82) is 0 Å². The predicted octanol–water partition coefficient (Wildman–Crippen LogP) is 1.77. The molecule has 1 aliphatic heterocycles. The van der Waals surface area contributed by atoms with Crippen molar-refractivity contribution >= 4 is 5.91 Å². The number of nitrogens with zero attached hydrogens (tertiary/aromatic N) is 3. The minimum Gasteiger partial charge on any atom is -0.342 e. The molecule has 5 heteroatoms. The second-order valence-electron chi connectivity index (χ2n) is 7.12. The molecule has 22 heavy (non-hydrogen) atoms. The zero-order chi connectivity index (χ0) is 15.1. The van der Waals surface area contributed by atoms with Gasteiger partial charge >= 0.3 is 0 Å². The Hall–Kier alpha value is -1.65. The van der Waals surface area contributed by atoms with Crippen LogP contribution in [0.3, 0.4) is 0 Å². The van der Waals surface area contributed by atoms with Crippen LogP contribution in [0.5, 0.6) is 0 Å². The van der Waals surface area contributed by atoms with Crippen molar-refractivity contribution in [1.82, 2.24) is 14.5 Å². The van der Waals surface area contributed by atoms with E-state index in [-0.39, 0.29) is 5.56 Å². The van der Waals surface area contributed by atoms with Gasteiger partial charge in [0.2, 0.25) is 5.91 Å². The Labute approximate surface area is 130 Å². The normalized spacial score (nSPS) is 22.8. The van der Waals surface area contributed by atoms with Gasteiger partial charge in [-0.25, -0.2) is 4.98 Å². The summed E-state index contributed by atoms with van der Waals surface area (Å²) in [5.74, 6) is 1.68. The third kappa shape index (κ3) is 2.94. The molecule has 1 aromatic heterocycles. The van der Waals surface area contributed by atoms with E-state index in [0.29, 0.717) is 23.7 Å². The van der Waals surface area contributed by atoms with Crippen LogP contribution in [0.1, 0.15) is 50.1 Å². The monoisotopic (exact) mass is 301 g/mol. The van der Waals surface area contributed by atoms with Crippen LogP contribution in [-0.2, 0) is 11.3 Å². The number of aromatic nitrogens is 2. The van der Waals surface area contributed by atoms with Gasteiger partial charge < -0.3 is 4.90 Å². The van der Waals surface area contributed by atoms with Crippen molar-refractivity contribution in [2.24, 2.45) is 11.8 Å². The van der Waals surface area contributed by atoms with Crippen LogP contribution in [0.25, 0.3) is 0 Å². The van der Waals surface area contributed by atoms with Crippen LogP contribution in [0.4, 0.5) is 0 Å². The Morgan fingerprint density at radius 2 is 1.86 bits per heavy atom. The highest BCUT2D eigenvalue weighted by Crippen LogP contribution is 2.38. The molecule has 1 aromatic rings. The first-order valence-corrected chi connectivity index (χ1v) is 8.56. The molecule has 0 unspecified atom stereocenters. The molecular formula is C17H23N3O2. The van der Waals surface area contributed by atoms with E-state index in [9.17, 15) is 9.59 Å². The lowest BCUT2D eigenvalue weighted by Crippen LogP contribution is -2.40. The molecule has 118 valence electrons. The van der Waals surface area contributed by atoms with E-state index in [4.69, 9.17) is 0 Å². The van der Waals surface area contributed by atoms with E-state index < -0.39 is 0 Å². The fourth-order valence-electron chi connectivity index (χ4n) is 3.38. The molecule has 0 N–H and O–H groups in total. The standard InChI is InChI=1S/C17H23N3O2/c21-16-9-15(13-1-2-13)18-11-20(16)10-12-5-7-19(8-6-12)17(22)14-3-4-14/h9,11-14H,1-8,10H2. The minimum atomic E-state index is 0.0772. The average Bonchev–Trinajstić information content (AvgIpc) is 3.41. The molecule has 3 aliphatic rings. The molecule has 3 fully saturated rings. The number of rotatable bonds is 4. The van der Waals surface area contributed by atoms with Gasteiger partial charge in [0.15, 0.2) is 0 Å². The van der Waals surface area contributed by atoms with E-state index in [0.717, 1.165) is 51.0 Å². The van der Waals surface area contributed by atoms with Crippen molar-refractivity contribution in [3.63, 3.8) is 0 Å². The van der Waals surface area contributed by atoms with Gasteiger partial charge in [0.25, 0.3) is 5.56 Å². The Kier molecular flexibility index (Phi) is 3.51. The highest BCUT2D eigenvalue weighted by Gasteiger charge is 2.35. The molecular weight excluding hydrogens is 278 g/mol. The van der Waals surface area contributed by atoms with Crippen LogP contribution >= 0.6 is 0 Å². The fourth-order valence-corrected chi connectivity index (χ4v) is 3.38. The van der Waals surface area contributed by atoms with Gasteiger partial charge in [-0.1, -0.05) is 0 Å². The quantitative estimate of drug-likeness (QED) is 0.851. The van der Waals surface area contributed by atoms with Crippen molar-refractivity contribution in [2.75, 3.05) is 13.1 Å². The minimum absolute atomic E-state index is 0.0772. The van der Waals surface area contributed by atoms with Crippen LogP contribution < -0.4 is 5.56 Å². The molecule has 4 rings (SSSR count). The summed E-state index contributed by atoms with van der Waals surface area (Å²) in [6.45, 7) is 2.44. The summed E-state index contributed by atoms with van der Waals surface area (Å²) in [7, 11) is 0. The topological polar surface area (TPSA) is 55.2 Å². The van der Waals surface area contributed by atoms with Crippen LogP contribution in [0, 0.1) is 11.8 Å². The summed E-state index contributed by atoms with van der Waals surface area (Å²) in [5, 5.41) is 0. The summed E-state index contributed by atoms with van der Waals surface area (Å²) in [6, 6.07) is 1.71. The number of hydrogen-bond acceptors (Lipinski definition) is 3. The smallest absolute Gasteiger partial charge is 0.253 e. The van der Waals surface area contributed by atoms with E-state index in [1.807, 2.05) is 4.90 Å². The first-order valence-electron chi connectivity index (χ1n) is 8.56. The Morgan fingerprint density at radius 3 is 2.45 bits per heavy atom. The highest BCUT2D eigenvalue weighted by atomic mass is 16.2. The molecule has 0 atom stereocenters. The average molecular weight is 301 g/mol. The second-order valence-corrected chi connectivity index (χ2v) is 7.12. The van der Waals surface area contributed by atoms with E-state index in [1.54, 1.807) is 17.0 Å². The second kappa shape index (κ2) is 5.52. The molecule has 0 aromatic carbocycles. The van der Waals surface area contributed by atoms with Gasteiger partial charge in [-0.2, -0.15) is 0 Å². The van der Waals surface area contributed by atoms with Gasteiger partial charge in [0.05, 0.1) is 12.0 Å². The summed E-state index contributed by atoms with van der Waals surface area (Å²) in [4.78, 5) is 30.7. The largest absolute Gasteiger partial charge is 0.342 e. The molecule has 0 bridgehead atoms. The summed E-state index contributed by atoms with van der Waals surface area (Å²) in [6.07, 6.45) is 8.20. The Morgan fingerprint density at radius 1 is 1.14 bits per heavy atom. The van der Waals surface area contributed by atoms with Crippen molar-refractivity contribution in [3.8, 4) is 0 Å². The first-order chi connectivity index (χ1) is 10.7. The summed E-state index contributed by atoms with van der Waals surface area (Å²) < 4.78 is 1.74. The number of likely N-dealkylation sites (tertiary alicyclic amines) is 1. The van der Waals surface area contributed by atoms with Crippen LogP contribution in [0.2, 0.25) is 0 Å². The van der Waals surface area contributed by atoms with E-state index >= 15 is 0 Å². The van der Waals surface area contributed by atoms with Gasteiger partial charge in [-0.15, -0.1) is 0 Å². The molecule has 0 radical (unpaired) electrons. The van der Waals surface area contributed by atoms with Gasteiger partial charge in [0, 0.05) is 37.5 Å². The number of hydrogen-bond donors (Lipinski definition) is 0. The van der Waals surface area contributed by atoms with Crippen molar-refractivity contribution in [2.45, 2.75) is 51.0 Å². The molecule has 1 saturated heterocycles. The van der Waals surface area contributed by atoms with Crippen LogP contribution in [-0.4, -0.2) is 33.4 Å². The maximum atomic E-state index is 12.2. The summed E-state index contributed by atoms with van der Waals surface area (Å²) >= 11 is 0. The molecule has 0 spiro atoms. The maximum absolute atomic E-state index is 12.2. The van der Waals surface area contributed by atoms with Crippen molar-refractivity contribution < 1.29 is 4.79 Å². The van der Waals surface area contributed by atoms with E-state index in [1.165, 1.54) is 12.8 Å². The van der Waals surface area contributed by atoms with Crippen molar-refractivity contribution in [3.05, 3.63) is 28.4 Å². The Bertz CT molecular complexity index is 623. The lowest BCUT2D eigenvalue weighted by atomic mass is 9.96. The van der Waals surface area contributed by atoms with E-state index in [2.05, 4.69) is 4.98 Å². The molecule has 5 nitrogen and oxygen atoms in total. The maximum Gasteiger partial charge on any atom is 0.253 e. The zero-order valence-electron chi connectivity index (χ0n) is 12.9. The predicted molar refractivity (Wildman–Crippen MR) is 82.5 cm³/mol. The first kappa shape index (κ1) is 14.0. The Balaban J connectivity index is 1.34. The summed E-state index contributed by atoms with van der Waals surface area (Å²) in [5.41, 5.74) is 1.04.